The summed E-state index contributed by atoms with van der Waals surface area (Å²) in [6.45, 7) is 0.805. The molecule has 0 bridgehead atoms. The predicted molar refractivity (Wildman–Crippen MR) is 103 cm³/mol. The molecule has 132 valence electrons. The summed E-state index contributed by atoms with van der Waals surface area (Å²) >= 11 is 3.42. The molecule has 0 spiro atoms. The van der Waals surface area contributed by atoms with Gasteiger partial charge in [0.2, 0.25) is 11.8 Å². The van der Waals surface area contributed by atoms with E-state index in [0.29, 0.717) is 18.9 Å². The molecule has 1 aliphatic heterocycles. The van der Waals surface area contributed by atoms with Gasteiger partial charge in [-0.3, -0.25) is 19.6 Å². The van der Waals surface area contributed by atoms with E-state index in [1.165, 1.54) is 0 Å². The highest BCUT2D eigenvalue weighted by Gasteiger charge is 2.36. The summed E-state index contributed by atoms with van der Waals surface area (Å²) in [6.07, 6.45) is 0.200. The summed E-state index contributed by atoms with van der Waals surface area (Å²) in [4.78, 5) is 26.5. The van der Waals surface area contributed by atoms with Crippen LogP contribution in [-0.4, -0.2) is 28.6 Å². The molecule has 2 heterocycles. The van der Waals surface area contributed by atoms with Gasteiger partial charge >= 0.3 is 0 Å². The number of amides is 2. The molecular weight excluding hydrogens is 396 g/mol. The normalized spacial score (nSPS) is 17.0. The van der Waals surface area contributed by atoms with E-state index in [0.717, 1.165) is 20.9 Å². The van der Waals surface area contributed by atoms with Gasteiger partial charge < -0.3 is 5.32 Å². The first-order valence-electron chi connectivity index (χ1n) is 8.37. The number of H-pyrrole nitrogens is 1. The lowest BCUT2D eigenvalue weighted by Crippen LogP contribution is -2.32. The molecule has 1 fully saturated rings. The summed E-state index contributed by atoms with van der Waals surface area (Å²) < 4.78 is 0.936. The highest BCUT2D eigenvalue weighted by Crippen LogP contribution is 2.31. The Kier molecular flexibility index (Phi) is 4.46. The molecule has 0 aliphatic carbocycles. The van der Waals surface area contributed by atoms with E-state index in [-0.39, 0.29) is 24.2 Å². The predicted octanol–water partition coefficient (Wildman–Crippen LogP) is 2.99. The van der Waals surface area contributed by atoms with Crippen LogP contribution in [0.15, 0.2) is 53.0 Å². The van der Waals surface area contributed by atoms with Gasteiger partial charge in [-0.15, -0.1) is 0 Å². The minimum absolute atomic E-state index is 0.0822. The number of nitrogens with one attached hydrogen (secondary N) is 2. The number of benzene rings is 2. The van der Waals surface area contributed by atoms with E-state index >= 15 is 0 Å². The van der Waals surface area contributed by atoms with Crippen molar-refractivity contribution in [3.05, 3.63) is 58.6 Å². The quantitative estimate of drug-likeness (QED) is 0.691. The largest absolute Gasteiger partial charge is 0.352 e. The number of hydrogen-bond donors (Lipinski definition) is 2. The molecule has 0 unspecified atom stereocenters. The Morgan fingerprint density at radius 1 is 1.27 bits per heavy atom. The van der Waals surface area contributed by atoms with Crippen LogP contribution >= 0.6 is 15.9 Å². The highest BCUT2D eigenvalue weighted by atomic mass is 79.9. The average Bonchev–Trinajstić information content (AvgIpc) is 3.23. The van der Waals surface area contributed by atoms with Gasteiger partial charge in [-0.25, -0.2) is 0 Å². The Labute approximate surface area is 158 Å². The van der Waals surface area contributed by atoms with Crippen molar-refractivity contribution in [2.75, 3.05) is 11.4 Å². The first-order valence-corrected chi connectivity index (χ1v) is 9.17. The minimum Gasteiger partial charge on any atom is -0.352 e. The maximum Gasteiger partial charge on any atom is 0.229 e. The molecule has 1 saturated heterocycles. The first kappa shape index (κ1) is 16.8. The van der Waals surface area contributed by atoms with Gasteiger partial charge in [0, 0.05) is 29.4 Å². The van der Waals surface area contributed by atoms with Crippen LogP contribution in [0, 0.1) is 5.92 Å². The van der Waals surface area contributed by atoms with Crippen molar-refractivity contribution in [1.29, 1.82) is 0 Å². The number of rotatable bonds is 4. The second kappa shape index (κ2) is 6.92. The summed E-state index contributed by atoms with van der Waals surface area (Å²) in [5, 5.41) is 11.0. The second-order valence-electron chi connectivity index (χ2n) is 6.35. The molecule has 2 amide bonds. The number of carbonyl (C=O) groups is 2. The smallest absolute Gasteiger partial charge is 0.229 e. The van der Waals surface area contributed by atoms with Crippen LogP contribution in [0.2, 0.25) is 0 Å². The van der Waals surface area contributed by atoms with Crippen LogP contribution < -0.4 is 10.2 Å². The molecule has 1 aliphatic rings. The molecule has 0 radical (unpaired) electrons. The van der Waals surface area contributed by atoms with E-state index in [4.69, 9.17) is 0 Å². The maximum absolute atomic E-state index is 12.5. The Hall–Kier alpha value is -2.67. The van der Waals surface area contributed by atoms with Crippen LogP contribution in [0.5, 0.6) is 0 Å². The molecule has 26 heavy (non-hydrogen) atoms. The first-order chi connectivity index (χ1) is 12.6. The van der Waals surface area contributed by atoms with Crippen molar-refractivity contribution >= 4 is 44.5 Å². The van der Waals surface area contributed by atoms with Crippen LogP contribution in [0.3, 0.4) is 0 Å². The second-order valence-corrected chi connectivity index (χ2v) is 7.26. The van der Waals surface area contributed by atoms with Gasteiger partial charge in [0.1, 0.15) is 0 Å². The average molecular weight is 413 g/mol. The van der Waals surface area contributed by atoms with E-state index < -0.39 is 0 Å². The standard InChI is InChI=1S/C19H17BrN4O2/c20-14-6-7-15-16(9-14)22-23-18(15)24-11-13(8-17(24)25)19(26)21-10-12-4-2-1-3-5-12/h1-7,9,13H,8,10-11H2,(H,21,26)(H,22,23)/t13-/m0/s1. The number of carbonyl (C=O) groups excluding carboxylic acids is 2. The SMILES string of the molecule is O=C(NCc1ccccc1)[C@H]1CC(=O)N(c2n[nH]c3cc(Br)ccc23)C1. The zero-order valence-electron chi connectivity index (χ0n) is 13.9. The molecule has 2 N–H and O–H groups in total. The molecule has 0 saturated carbocycles. The number of halogens is 1. The number of anilines is 1. The Morgan fingerprint density at radius 2 is 2.08 bits per heavy atom. The molecule has 3 aromatic rings. The summed E-state index contributed by atoms with van der Waals surface area (Å²) in [7, 11) is 0. The van der Waals surface area contributed by atoms with Gasteiger partial charge in [0.25, 0.3) is 0 Å². The van der Waals surface area contributed by atoms with Crippen molar-refractivity contribution in [3.63, 3.8) is 0 Å². The monoisotopic (exact) mass is 412 g/mol. The summed E-state index contributed by atoms with van der Waals surface area (Å²) in [5.41, 5.74) is 1.88. The van der Waals surface area contributed by atoms with E-state index in [1.54, 1.807) is 4.90 Å². The summed E-state index contributed by atoms with van der Waals surface area (Å²) in [6, 6.07) is 15.5. The number of fused-ring (bicyclic) bond motifs is 1. The topological polar surface area (TPSA) is 78.1 Å². The van der Waals surface area contributed by atoms with Gasteiger partial charge in [0.05, 0.1) is 11.4 Å². The molecule has 7 heteroatoms. The van der Waals surface area contributed by atoms with E-state index in [1.807, 2.05) is 48.5 Å². The van der Waals surface area contributed by atoms with Crippen molar-refractivity contribution in [2.24, 2.45) is 5.92 Å². The Bertz CT molecular complexity index is 970. The summed E-state index contributed by atoms with van der Waals surface area (Å²) in [5.74, 6) is 0.0257. The van der Waals surface area contributed by atoms with Gasteiger partial charge in [-0.2, -0.15) is 5.10 Å². The highest BCUT2D eigenvalue weighted by molar-refractivity contribution is 9.10. The fourth-order valence-electron chi connectivity index (χ4n) is 3.20. The van der Waals surface area contributed by atoms with E-state index in [2.05, 4.69) is 31.4 Å². The van der Waals surface area contributed by atoms with Crippen LogP contribution in [0.25, 0.3) is 10.9 Å². The van der Waals surface area contributed by atoms with Gasteiger partial charge in [0.15, 0.2) is 5.82 Å². The number of aromatic amines is 1. The van der Waals surface area contributed by atoms with Crippen molar-refractivity contribution in [1.82, 2.24) is 15.5 Å². The van der Waals surface area contributed by atoms with Crippen molar-refractivity contribution in [2.45, 2.75) is 13.0 Å². The number of nitrogens with zero attached hydrogens (tertiary/aromatic N) is 2. The molecule has 1 atom stereocenters. The van der Waals surface area contributed by atoms with Crippen LogP contribution in [0.1, 0.15) is 12.0 Å². The minimum atomic E-state index is -0.367. The Balaban J connectivity index is 1.47. The van der Waals surface area contributed by atoms with Crippen LogP contribution in [-0.2, 0) is 16.1 Å². The fourth-order valence-corrected chi connectivity index (χ4v) is 3.56. The molecule has 6 nitrogen and oxygen atoms in total. The third kappa shape index (κ3) is 3.22. The lowest BCUT2D eigenvalue weighted by molar-refractivity contribution is -0.126. The fraction of sp³-hybridized carbons (Fsp3) is 0.211. The van der Waals surface area contributed by atoms with Crippen molar-refractivity contribution < 1.29 is 9.59 Å². The molecule has 1 aromatic heterocycles. The number of aromatic nitrogens is 2. The van der Waals surface area contributed by atoms with Gasteiger partial charge in [-0.1, -0.05) is 46.3 Å². The zero-order valence-corrected chi connectivity index (χ0v) is 15.5. The van der Waals surface area contributed by atoms with Crippen molar-refractivity contribution in [3.8, 4) is 0 Å². The third-order valence-electron chi connectivity index (χ3n) is 4.57. The Morgan fingerprint density at radius 3 is 2.88 bits per heavy atom. The van der Waals surface area contributed by atoms with Gasteiger partial charge in [-0.05, 0) is 23.8 Å². The number of hydrogen-bond acceptors (Lipinski definition) is 3. The third-order valence-corrected chi connectivity index (χ3v) is 5.06. The van der Waals surface area contributed by atoms with E-state index in [9.17, 15) is 9.59 Å². The lowest BCUT2D eigenvalue weighted by Gasteiger charge is -2.14. The zero-order chi connectivity index (χ0) is 18.1. The lowest BCUT2D eigenvalue weighted by atomic mass is 10.1. The molecular formula is C19H17BrN4O2. The van der Waals surface area contributed by atoms with Crippen LogP contribution in [0.4, 0.5) is 5.82 Å². The molecule has 2 aromatic carbocycles. The molecule has 4 rings (SSSR count). The maximum atomic E-state index is 12.5.